The van der Waals surface area contributed by atoms with Gasteiger partial charge in [-0.05, 0) is 50.2 Å². The lowest BCUT2D eigenvalue weighted by Gasteiger charge is -2.10. The number of thioether (sulfide) groups is 1. The minimum Gasteiger partial charge on any atom is -0.452 e. The van der Waals surface area contributed by atoms with E-state index in [1.165, 1.54) is 18.7 Å². The highest BCUT2D eigenvalue weighted by molar-refractivity contribution is 7.98. The Morgan fingerprint density at radius 2 is 1.66 bits per heavy atom. The van der Waals surface area contributed by atoms with Crippen molar-refractivity contribution in [1.29, 1.82) is 0 Å². The van der Waals surface area contributed by atoms with E-state index in [0.717, 1.165) is 21.9 Å². The number of nitrogens with zero attached hydrogens (tertiary/aromatic N) is 1. The third-order valence-electron chi connectivity index (χ3n) is 4.48. The van der Waals surface area contributed by atoms with Crippen molar-refractivity contribution in [2.24, 2.45) is 0 Å². The van der Waals surface area contributed by atoms with Crippen LogP contribution in [0.3, 0.4) is 0 Å². The van der Waals surface area contributed by atoms with Gasteiger partial charge in [-0.2, -0.15) is 0 Å². The summed E-state index contributed by atoms with van der Waals surface area (Å²) in [7, 11) is 0. The summed E-state index contributed by atoms with van der Waals surface area (Å²) in [6.07, 6.45) is 0. The van der Waals surface area contributed by atoms with Crippen molar-refractivity contribution in [3.8, 4) is 0 Å². The summed E-state index contributed by atoms with van der Waals surface area (Å²) >= 11 is 1.47. The zero-order valence-electron chi connectivity index (χ0n) is 17.9. The van der Waals surface area contributed by atoms with E-state index in [9.17, 15) is 14.4 Å². The Kier molecular flexibility index (Phi) is 7.67. The van der Waals surface area contributed by atoms with Crippen LogP contribution in [-0.4, -0.2) is 29.5 Å². The lowest BCUT2D eigenvalue weighted by molar-refractivity contribution is -0.119. The van der Waals surface area contributed by atoms with Gasteiger partial charge in [0, 0.05) is 34.5 Å². The molecular weight excluding hydrogens is 430 g/mol. The molecule has 2 amide bonds. The van der Waals surface area contributed by atoms with E-state index in [4.69, 9.17) is 9.26 Å². The molecule has 0 saturated carbocycles. The van der Waals surface area contributed by atoms with Crippen LogP contribution in [0.15, 0.2) is 57.9 Å². The van der Waals surface area contributed by atoms with Crippen LogP contribution >= 0.6 is 11.8 Å². The van der Waals surface area contributed by atoms with Gasteiger partial charge >= 0.3 is 5.97 Å². The first-order valence-corrected chi connectivity index (χ1v) is 10.8. The van der Waals surface area contributed by atoms with Crippen molar-refractivity contribution in [3.05, 3.63) is 71.1 Å². The number of esters is 1. The van der Waals surface area contributed by atoms with Gasteiger partial charge in [-0.15, -0.1) is 11.8 Å². The number of amides is 2. The van der Waals surface area contributed by atoms with Crippen molar-refractivity contribution in [3.63, 3.8) is 0 Å². The van der Waals surface area contributed by atoms with E-state index in [-0.39, 0.29) is 5.91 Å². The zero-order chi connectivity index (χ0) is 23.1. The van der Waals surface area contributed by atoms with Crippen molar-refractivity contribution in [2.45, 2.75) is 31.4 Å². The summed E-state index contributed by atoms with van der Waals surface area (Å²) in [5, 5.41) is 9.23. The third-order valence-corrected chi connectivity index (χ3v) is 5.58. The van der Waals surface area contributed by atoms with Gasteiger partial charge < -0.3 is 19.9 Å². The first-order valence-electron chi connectivity index (χ1n) is 9.81. The number of aryl methyl sites for hydroxylation is 2. The fourth-order valence-corrected chi connectivity index (χ4v) is 4.06. The van der Waals surface area contributed by atoms with E-state index in [1.807, 2.05) is 26.0 Å². The molecular formula is C23H23N3O5S. The SMILES string of the molecule is CC(=O)Nc1ccc(NC(=O)COC(=O)c2ccccc2SCc2c(C)noc2C)cc1. The number of benzene rings is 2. The lowest BCUT2D eigenvalue weighted by atomic mass is 10.2. The molecule has 0 atom stereocenters. The number of carbonyl (C=O) groups is 3. The summed E-state index contributed by atoms with van der Waals surface area (Å²) in [6, 6.07) is 13.7. The molecule has 0 aliphatic rings. The quantitative estimate of drug-likeness (QED) is 0.386. The highest BCUT2D eigenvalue weighted by Gasteiger charge is 2.16. The largest absolute Gasteiger partial charge is 0.452 e. The van der Waals surface area contributed by atoms with Crippen LogP contribution in [0.5, 0.6) is 0 Å². The molecule has 9 heteroatoms. The van der Waals surface area contributed by atoms with Crippen LogP contribution in [0.4, 0.5) is 11.4 Å². The maximum Gasteiger partial charge on any atom is 0.339 e. The normalized spacial score (nSPS) is 10.5. The van der Waals surface area contributed by atoms with Crippen LogP contribution in [0.25, 0.3) is 0 Å². The minimum atomic E-state index is -0.581. The molecule has 3 rings (SSSR count). The molecule has 0 aliphatic carbocycles. The number of rotatable bonds is 8. The molecule has 3 aromatic rings. The smallest absolute Gasteiger partial charge is 0.339 e. The molecule has 32 heavy (non-hydrogen) atoms. The molecule has 2 aromatic carbocycles. The Hall–Kier alpha value is -3.59. The number of anilines is 2. The van der Waals surface area contributed by atoms with Gasteiger partial charge in [-0.1, -0.05) is 17.3 Å². The van der Waals surface area contributed by atoms with Gasteiger partial charge in [0.15, 0.2) is 6.61 Å². The van der Waals surface area contributed by atoms with Crippen molar-refractivity contribution >= 4 is 40.9 Å². The van der Waals surface area contributed by atoms with E-state index < -0.39 is 18.5 Å². The summed E-state index contributed by atoms with van der Waals surface area (Å²) in [5.74, 6) is 0.116. The van der Waals surface area contributed by atoms with Gasteiger partial charge in [0.1, 0.15) is 5.76 Å². The van der Waals surface area contributed by atoms with Crippen LogP contribution < -0.4 is 10.6 Å². The monoisotopic (exact) mass is 453 g/mol. The first kappa shape index (κ1) is 23.1. The Balaban J connectivity index is 1.55. The van der Waals surface area contributed by atoms with Crippen molar-refractivity contribution < 1.29 is 23.6 Å². The number of hydrogen-bond donors (Lipinski definition) is 2. The summed E-state index contributed by atoms with van der Waals surface area (Å²) in [5.41, 5.74) is 3.33. The molecule has 166 valence electrons. The number of carbonyl (C=O) groups excluding carboxylic acids is 3. The maximum absolute atomic E-state index is 12.6. The number of nitrogens with one attached hydrogen (secondary N) is 2. The highest BCUT2D eigenvalue weighted by Crippen LogP contribution is 2.29. The van der Waals surface area contributed by atoms with Crippen LogP contribution in [-0.2, 0) is 20.1 Å². The molecule has 0 bridgehead atoms. The minimum absolute atomic E-state index is 0.182. The van der Waals surface area contributed by atoms with E-state index in [0.29, 0.717) is 22.7 Å². The summed E-state index contributed by atoms with van der Waals surface area (Å²) in [4.78, 5) is 36.6. The van der Waals surface area contributed by atoms with Crippen LogP contribution in [0, 0.1) is 13.8 Å². The van der Waals surface area contributed by atoms with Crippen LogP contribution in [0.2, 0.25) is 0 Å². The predicted molar refractivity (Wildman–Crippen MR) is 122 cm³/mol. The second kappa shape index (κ2) is 10.6. The Morgan fingerprint density at radius 1 is 1.00 bits per heavy atom. The molecule has 0 radical (unpaired) electrons. The Labute approximate surface area is 189 Å². The molecule has 2 N–H and O–H groups in total. The van der Waals surface area contributed by atoms with Gasteiger partial charge in [0.05, 0.1) is 11.3 Å². The third kappa shape index (κ3) is 6.21. The fourth-order valence-electron chi connectivity index (χ4n) is 2.87. The molecule has 0 spiro atoms. The molecule has 0 unspecified atom stereocenters. The average molecular weight is 454 g/mol. The first-order chi connectivity index (χ1) is 15.3. The van der Waals surface area contributed by atoms with E-state index >= 15 is 0 Å². The number of ether oxygens (including phenoxy) is 1. The van der Waals surface area contributed by atoms with Crippen molar-refractivity contribution in [1.82, 2.24) is 5.16 Å². The van der Waals surface area contributed by atoms with E-state index in [1.54, 1.807) is 36.4 Å². The second-order valence-electron chi connectivity index (χ2n) is 6.97. The molecule has 1 heterocycles. The van der Waals surface area contributed by atoms with Crippen LogP contribution in [0.1, 0.15) is 34.3 Å². The fraction of sp³-hybridized carbons (Fsp3) is 0.217. The predicted octanol–water partition coefficient (Wildman–Crippen LogP) is 4.34. The summed E-state index contributed by atoms with van der Waals surface area (Å²) in [6.45, 7) is 4.72. The van der Waals surface area contributed by atoms with Gasteiger partial charge in [-0.3, -0.25) is 9.59 Å². The average Bonchev–Trinajstić information content (AvgIpc) is 3.09. The molecule has 8 nitrogen and oxygen atoms in total. The summed E-state index contributed by atoms with van der Waals surface area (Å²) < 4.78 is 10.4. The molecule has 0 aliphatic heterocycles. The van der Waals surface area contributed by atoms with Gasteiger partial charge in [-0.25, -0.2) is 4.79 Å². The number of aromatic nitrogens is 1. The Morgan fingerprint density at radius 3 is 2.28 bits per heavy atom. The maximum atomic E-state index is 12.6. The van der Waals surface area contributed by atoms with E-state index in [2.05, 4.69) is 15.8 Å². The van der Waals surface area contributed by atoms with Gasteiger partial charge in [0.25, 0.3) is 5.91 Å². The molecule has 0 fully saturated rings. The highest BCUT2D eigenvalue weighted by atomic mass is 32.2. The lowest BCUT2D eigenvalue weighted by Crippen LogP contribution is -2.21. The Bertz CT molecular complexity index is 1110. The number of hydrogen-bond acceptors (Lipinski definition) is 7. The standard InChI is InChI=1S/C23H23N3O5S/c1-14-20(15(2)31-26-14)13-32-21-7-5-4-6-19(21)23(29)30-12-22(28)25-18-10-8-17(9-11-18)24-16(3)27/h4-11H,12-13H2,1-3H3,(H,24,27)(H,25,28). The second-order valence-corrected chi connectivity index (χ2v) is 7.99. The topological polar surface area (TPSA) is 111 Å². The van der Waals surface area contributed by atoms with Gasteiger partial charge in [0.2, 0.25) is 5.91 Å². The molecule has 0 saturated heterocycles. The van der Waals surface area contributed by atoms with Crippen molar-refractivity contribution in [2.75, 3.05) is 17.2 Å². The zero-order valence-corrected chi connectivity index (χ0v) is 18.7. The molecule has 1 aromatic heterocycles.